The van der Waals surface area contributed by atoms with Gasteiger partial charge in [0.15, 0.2) is 11.0 Å². The van der Waals surface area contributed by atoms with Crippen LogP contribution in [0.2, 0.25) is 0 Å². The third-order valence-corrected chi connectivity index (χ3v) is 5.19. The molecule has 1 aliphatic rings. The molecular weight excluding hydrogens is 346 g/mol. The molecule has 0 radical (unpaired) electrons. The molecule has 1 N–H and O–H groups in total. The number of para-hydroxylation sites is 1. The van der Waals surface area contributed by atoms with E-state index in [-0.39, 0.29) is 10.7 Å². The van der Waals surface area contributed by atoms with E-state index in [0.717, 1.165) is 27.7 Å². The van der Waals surface area contributed by atoms with E-state index in [4.69, 9.17) is 14.5 Å². The van der Waals surface area contributed by atoms with Gasteiger partial charge in [-0.15, -0.1) is 0 Å². The largest absolute Gasteiger partial charge is 0.367 e. The Hall–Kier alpha value is -2.15. The molecule has 0 aliphatic heterocycles. The van der Waals surface area contributed by atoms with Crippen molar-refractivity contribution >= 4 is 28.5 Å². The first-order chi connectivity index (χ1) is 12.4. The molecule has 3 aromatic rings. The van der Waals surface area contributed by atoms with Crippen molar-refractivity contribution in [3.05, 3.63) is 36.0 Å². The SMILES string of the molecule is CC(Sc1nc(NC2CC2)c2ccccc2n1)c1nc(C(C)(C)C)no1. The Morgan fingerprint density at radius 2 is 1.92 bits per heavy atom. The molecular formula is C19H23N5OS. The van der Waals surface area contributed by atoms with Crippen LogP contribution in [0.3, 0.4) is 0 Å². The van der Waals surface area contributed by atoms with Crippen LogP contribution in [0.5, 0.6) is 0 Å². The number of benzene rings is 1. The minimum absolute atomic E-state index is 0.0199. The van der Waals surface area contributed by atoms with Crippen LogP contribution in [0.4, 0.5) is 5.82 Å². The van der Waals surface area contributed by atoms with Crippen LogP contribution in [-0.2, 0) is 5.41 Å². The van der Waals surface area contributed by atoms with Gasteiger partial charge in [0, 0.05) is 16.8 Å². The molecule has 2 heterocycles. The first-order valence-electron chi connectivity index (χ1n) is 8.94. The molecule has 7 heteroatoms. The molecule has 1 saturated carbocycles. The number of anilines is 1. The van der Waals surface area contributed by atoms with E-state index >= 15 is 0 Å². The van der Waals surface area contributed by atoms with Crippen LogP contribution in [0, 0.1) is 0 Å². The molecule has 1 atom stereocenters. The molecule has 0 saturated heterocycles. The summed E-state index contributed by atoms with van der Waals surface area (Å²) in [4.78, 5) is 14.0. The molecule has 0 bridgehead atoms. The summed E-state index contributed by atoms with van der Waals surface area (Å²) in [5, 5.41) is 9.39. The molecule has 26 heavy (non-hydrogen) atoms. The fraction of sp³-hybridized carbons (Fsp3) is 0.474. The van der Waals surface area contributed by atoms with Gasteiger partial charge in [0.25, 0.3) is 0 Å². The van der Waals surface area contributed by atoms with E-state index in [1.807, 2.05) is 25.1 Å². The lowest BCUT2D eigenvalue weighted by molar-refractivity contribution is 0.364. The zero-order valence-electron chi connectivity index (χ0n) is 15.5. The van der Waals surface area contributed by atoms with E-state index in [1.54, 1.807) is 0 Å². The van der Waals surface area contributed by atoms with E-state index in [9.17, 15) is 0 Å². The number of hydrogen-bond donors (Lipinski definition) is 1. The van der Waals surface area contributed by atoms with Crippen molar-refractivity contribution in [3.63, 3.8) is 0 Å². The van der Waals surface area contributed by atoms with Crippen molar-refractivity contribution in [1.29, 1.82) is 0 Å². The molecule has 0 spiro atoms. The first kappa shape index (κ1) is 17.3. The van der Waals surface area contributed by atoms with E-state index in [2.05, 4.69) is 42.3 Å². The lowest BCUT2D eigenvalue weighted by atomic mass is 9.96. The summed E-state index contributed by atoms with van der Waals surface area (Å²) in [6, 6.07) is 8.64. The van der Waals surface area contributed by atoms with Crippen LogP contribution < -0.4 is 5.32 Å². The molecule has 0 amide bonds. The van der Waals surface area contributed by atoms with Gasteiger partial charge in [0.2, 0.25) is 5.89 Å². The summed E-state index contributed by atoms with van der Waals surface area (Å²) in [7, 11) is 0. The van der Waals surface area contributed by atoms with Crippen molar-refractivity contribution < 1.29 is 4.52 Å². The van der Waals surface area contributed by atoms with Gasteiger partial charge >= 0.3 is 0 Å². The quantitative estimate of drug-likeness (QED) is 0.514. The van der Waals surface area contributed by atoms with Crippen LogP contribution in [0.25, 0.3) is 10.9 Å². The minimum Gasteiger partial charge on any atom is -0.367 e. The third-order valence-electron chi connectivity index (χ3n) is 4.24. The van der Waals surface area contributed by atoms with Crippen molar-refractivity contribution in [2.24, 2.45) is 0 Å². The maximum absolute atomic E-state index is 5.46. The monoisotopic (exact) mass is 369 g/mol. The van der Waals surface area contributed by atoms with E-state index < -0.39 is 0 Å². The Morgan fingerprint density at radius 1 is 1.15 bits per heavy atom. The van der Waals surface area contributed by atoms with Crippen LogP contribution >= 0.6 is 11.8 Å². The fourth-order valence-corrected chi connectivity index (χ4v) is 3.36. The standard InChI is InChI=1S/C19H23N5OS/c1-11(16-23-17(24-25-16)19(2,3)4)26-18-21-14-8-6-5-7-13(14)15(22-18)20-12-9-10-12/h5-8,11-12H,9-10H2,1-4H3,(H,20,21,22). The van der Waals surface area contributed by atoms with Gasteiger partial charge in [-0.25, -0.2) is 9.97 Å². The second-order valence-corrected chi connectivity index (χ2v) is 9.06. The Labute approximate surface area is 157 Å². The molecule has 1 aliphatic carbocycles. The predicted molar refractivity (Wildman–Crippen MR) is 103 cm³/mol. The first-order valence-corrected chi connectivity index (χ1v) is 9.82. The molecule has 1 aromatic carbocycles. The summed E-state index contributed by atoms with van der Waals surface area (Å²) >= 11 is 1.54. The van der Waals surface area contributed by atoms with Crippen molar-refractivity contribution in [2.45, 2.75) is 62.4 Å². The van der Waals surface area contributed by atoms with Gasteiger partial charge in [-0.05, 0) is 31.9 Å². The maximum Gasteiger partial charge on any atom is 0.239 e. The van der Waals surface area contributed by atoms with Crippen molar-refractivity contribution in [2.75, 3.05) is 5.32 Å². The topological polar surface area (TPSA) is 76.7 Å². The van der Waals surface area contributed by atoms with Crippen molar-refractivity contribution in [3.8, 4) is 0 Å². The van der Waals surface area contributed by atoms with Crippen LogP contribution in [0.15, 0.2) is 33.9 Å². The van der Waals surface area contributed by atoms with E-state index in [1.165, 1.54) is 24.6 Å². The zero-order valence-corrected chi connectivity index (χ0v) is 16.3. The molecule has 1 fully saturated rings. The fourth-order valence-electron chi connectivity index (χ4n) is 2.55. The Kier molecular flexibility index (Phi) is 4.34. The van der Waals surface area contributed by atoms with Crippen LogP contribution in [-0.4, -0.2) is 26.2 Å². The second-order valence-electron chi connectivity index (χ2n) is 7.76. The Morgan fingerprint density at radius 3 is 2.62 bits per heavy atom. The highest BCUT2D eigenvalue weighted by Crippen LogP contribution is 2.36. The zero-order chi connectivity index (χ0) is 18.3. The smallest absolute Gasteiger partial charge is 0.239 e. The number of rotatable bonds is 5. The number of hydrogen-bond acceptors (Lipinski definition) is 7. The Balaban J connectivity index is 1.60. The van der Waals surface area contributed by atoms with Crippen molar-refractivity contribution in [1.82, 2.24) is 20.1 Å². The highest BCUT2D eigenvalue weighted by Gasteiger charge is 2.25. The predicted octanol–water partition coefficient (Wildman–Crippen LogP) is 4.74. The van der Waals surface area contributed by atoms with Crippen LogP contribution in [0.1, 0.15) is 57.5 Å². The van der Waals surface area contributed by atoms with Gasteiger partial charge in [-0.3, -0.25) is 0 Å². The summed E-state index contributed by atoms with van der Waals surface area (Å²) in [6.07, 6.45) is 2.41. The number of aromatic nitrogens is 4. The second kappa shape index (κ2) is 6.54. The number of nitrogens with one attached hydrogen (secondary N) is 1. The average Bonchev–Trinajstić information content (AvgIpc) is 3.24. The minimum atomic E-state index is -0.132. The van der Waals surface area contributed by atoms with Gasteiger partial charge in [0.05, 0.1) is 10.8 Å². The van der Waals surface area contributed by atoms with Gasteiger partial charge in [-0.2, -0.15) is 4.98 Å². The normalized spacial score (nSPS) is 16.0. The maximum atomic E-state index is 5.46. The highest BCUT2D eigenvalue weighted by molar-refractivity contribution is 7.99. The molecule has 2 aromatic heterocycles. The summed E-state index contributed by atoms with van der Waals surface area (Å²) in [5.41, 5.74) is 0.814. The molecule has 136 valence electrons. The molecule has 1 unspecified atom stereocenters. The average molecular weight is 369 g/mol. The van der Waals surface area contributed by atoms with E-state index in [0.29, 0.717) is 11.9 Å². The van der Waals surface area contributed by atoms with Gasteiger partial charge in [-0.1, -0.05) is 49.8 Å². The third kappa shape index (κ3) is 3.67. The number of thioether (sulfide) groups is 1. The highest BCUT2D eigenvalue weighted by atomic mass is 32.2. The molecule has 6 nitrogen and oxygen atoms in total. The van der Waals surface area contributed by atoms with Gasteiger partial charge < -0.3 is 9.84 Å². The van der Waals surface area contributed by atoms with Gasteiger partial charge in [0.1, 0.15) is 5.82 Å². The lowest BCUT2D eigenvalue weighted by Gasteiger charge is -2.12. The molecule has 4 rings (SSSR count). The summed E-state index contributed by atoms with van der Waals surface area (Å²) in [5.74, 6) is 2.23. The summed E-state index contributed by atoms with van der Waals surface area (Å²) < 4.78 is 5.46. The number of fused-ring (bicyclic) bond motifs is 1. The number of nitrogens with zero attached hydrogens (tertiary/aromatic N) is 4. The Bertz CT molecular complexity index is 929. The lowest BCUT2D eigenvalue weighted by Crippen LogP contribution is -2.13. The summed E-state index contributed by atoms with van der Waals surface area (Å²) in [6.45, 7) is 8.25.